The van der Waals surface area contributed by atoms with Gasteiger partial charge >= 0.3 is 0 Å². The van der Waals surface area contributed by atoms with Gasteiger partial charge in [0.25, 0.3) is 5.91 Å². The summed E-state index contributed by atoms with van der Waals surface area (Å²) < 4.78 is 5.93. The number of nitrogens with one attached hydrogen (secondary N) is 1. The van der Waals surface area contributed by atoms with Crippen molar-refractivity contribution in [1.82, 2.24) is 5.32 Å². The molecule has 2 atom stereocenters. The molecule has 2 aromatic carbocycles. The molecule has 2 aromatic rings. The van der Waals surface area contributed by atoms with Crippen molar-refractivity contribution in [1.29, 1.82) is 0 Å². The third-order valence-corrected chi connectivity index (χ3v) is 4.68. The predicted molar refractivity (Wildman–Crippen MR) is 103 cm³/mol. The molecule has 25 heavy (non-hydrogen) atoms. The SMILES string of the molecule is CCc1ccc([C@H](C)NC(=O)[C@@H](C)Oc2cc(C)cc(C)c2C)cc1. The Morgan fingerprint density at radius 3 is 2.32 bits per heavy atom. The van der Waals surface area contributed by atoms with Crippen molar-refractivity contribution >= 4 is 5.91 Å². The summed E-state index contributed by atoms with van der Waals surface area (Å²) in [6.45, 7) is 12.0. The lowest BCUT2D eigenvalue weighted by Crippen LogP contribution is -2.37. The molecule has 0 aliphatic heterocycles. The average molecular weight is 339 g/mol. The van der Waals surface area contributed by atoms with E-state index in [-0.39, 0.29) is 11.9 Å². The number of aryl methyl sites for hydroxylation is 3. The van der Waals surface area contributed by atoms with Crippen LogP contribution in [-0.4, -0.2) is 12.0 Å². The Labute approximate surface area is 151 Å². The Morgan fingerprint density at radius 1 is 1.08 bits per heavy atom. The molecule has 0 fully saturated rings. The normalized spacial score (nSPS) is 13.2. The molecule has 134 valence electrons. The van der Waals surface area contributed by atoms with Gasteiger partial charge in [0.2, 0.25) is 0 Å². The van der Waals surface area contributed by atoms with Crippen molar-refractivity contribution in [3.05, 3.63) is 64.2 Å². The zero-order valence-electron chi connectivity index (χ0n) is 16.1. The highest BCUT2D eigenvalue weighted by molar-refractivity contribution is 5.81. The van der Waals surface area contributed by atoms with Gasteiger partial charge in [0, 0.05) is 0 Å². The van der Waals surface area contributed by atoms with Crippen LogP contribution in [0, 0.1) is 20.8 Å². The number of amides is 1. The van der Waals surface area contributed by atoms with E-state index in [1.807, 2.05) is 26.8 Å². The van der Waals surface area contributed by atoms with Crippen molar-refractivity contribution in [2.45, 2.75) is 60.1 Å². The van der Waals surface area contributed by atoms with E-state index >= 15 is 0 Å². The molecule has 0 saturated heterocycles. The fourth-order valence-electron chi connectivity index (χ4n) is 2.82. The summed E-state index contributed by atoms with van der Waals surface area (Å²) in [5.74, 6) is 0.672. The second kappa shape index (κ2) is 8.19. The van der Waals surface area contributed by atoms with E-state index in [4.69, 9.17) is 4.74 Å². The van der Waals surface area contributed by atoms with Crippen LogP contribution < -0.4 is 10.1 Å². The molecule has 2 rings (SSSR count). The second-order valence-corrected chi connectivity index (χ2v) is 6.79. The predicted octanol–water partition coefficient (Wildman–Crippen LogP) is 4.82. The molecule has 0 aromatic heterocycles. The van der Waals surface area contributed by atoms with Crippen LogP contribution in [0.2, 0.25) is 0 Å². The van der Waals surface area contributed by atoms with Crippen molar-refractivity contribution < 1.29 is 9.53 Å². The number of rotatable bonds is 6. The summed E-state index contributed by atoms with van der Waals surface area (Å²) in [5, 5.41) is 3.04. The summed E-state index contributed by atoms with van der Waals surface area (Å²) in [6, 6.07) is 12.4. The van der Waals surface area contributed by atoms with E-state index < -0.39 is 6.10 Å². The maximum atomic E-state index is 12.5. The number of ether oxygens (including phenoxy) is 1. The van der Waals surface area contributed by atoms with Gasteiger partial charge in [-0.2, -0.15) is 0 Å². The van der Waals surface area contributed by atoms with Gasteiger partial charge in [-0.15, -0.1) is 0 Å². The van der Waals surface area contributed by atoms with Crippen LogP contribution in [0.5, 0.6) is 5.75 Å². The molecule has 1 N–H and O–H groups in total. The zero-order chi connectivity index (χ0) is 18.6. The topological polar surface area (TPSA) is 38.3 Å². The molecule has 0 unspecified atom stereocenters. The van der Waals surface area contributed by atoms with E-state index in [0.717, 1.165) is 28.9 Å². The molecule has 1 amide bonds. The van der Waals surface area contributed by atoms with Crippen LogP contribution in [0.1, 0.15) is 54.6 Å². The molecular weight excluding hydrogens is 310 g/mol. The molecule has 0 heterocycles. The minimum Gasteiger partial charge on any atom is -0.481 e. The first-order valence-corrected chi connectivity index (χ1v) is 8.95. The maximum Gasteiger partial charge on any atom is 0.261 e. The van der Waals surface area contributed by atoms with Crippen LogP contribution in [0.3, 0.4) is 0 Å². The summed E-state index contributed by atoms with van der Waals surface area (Å²) in [4.78, 5) is 12.5. The Morgan fingerprint density at radius 2 is 1.72 bits per heavy atom. The monoisotopic (exact) mass is 339 g/mol. The summed E-state index contributed by atoms with van der Waals surface area (Å²) in [6.07, 6.45) is 0.471. The van der Waals surface area contributed by atoms with Gasteiger partial charge in [-0.25, -0.2) is 0 Å². The number of benzene rings is 2. The van der Waals surface area contributed by atoms with Crippen molar-refractivity contribution in [2.24, 2.45) is 0 Å². The quantitative estimate of drug-likeness (QED) is 0.819. The summed E-state index contributed by atoms with van der Waals surface area (Å²) in [5.41, 5.74) is 5.78. The number of hydrogen-bond acceptors (Lipinski definition) is 2. The van der Waals surface area contributed by atoms with E-state index in [0.29, 0.717) is 0 Å². The molecule has 0 bridgehead atoms. The first-order valence-electron chi connectivity index (χ1n) is 8.95. The molecule has 0 aliphatic carbocycles. The van der Waals surface area contributed by atoms with E-state index in [1.54, 1.807) is 6.92 Å². The zero-order valence-corrected chi connectivity index (χ0v) is 16.1. The van der Waals surface area contributed by atoms with Gasteiger partial charge in [-0.05, 0) is 74.9 Å². The summed E-state index contributed by atoms with van der Waals surface area (Å²) in [7, 11) is 0. The highest BCUT2D eigenvalue weighted by Crippen LogP contribution is 2.24. The average Bonchev–Trinajstić information content (AvgIpc) is 2.59. The standard InChI is InChI=1S/C22H29NO2/c1-7-19-8-10-20(11-9-19)17(5)23-22(24)18(6)25-21-13-14(2)12-15(3)16(21)4/h8-13,17-18H,7H2,1-6H3,(H,23,24)/t17-,18+/m0/s1. The van der Waals surface area contributed by atoms with Gasteiger partial charge in [-0.1, -0.05) is 37.3 Å². The first-order chi connectivity index (χ1) is 11.8. The largest absolute Gasteiger partial charge is 0.481 e. The molecule has 0 aliphatic rings. The van der Waals surface area contributed by atoms with Crippen molar-refractivity contribution in [3.63, 3.8) is 0 Å². The minimum atomic E-state index is -0.544. The Kier molecular flexibility index (Phi) is 6.24. The van der Waals surface area contributed by atoms with Gasteiger partial charge in [-0.3, -0.25) is 4.79 Å². The van der Waals surface area contributed by atoms with Gasteiger partial charge in [0.15, 0.2) is 6.10 Å². The number of hydrogen-bond donors (Lipinski definition) is 1. The maximum absolute atomic E-state index is 12.5. The molecule has 3 nitrogen and oxygen atoms in total. The fraction of sp³-hybridized carbons (Fsp3) is 0.409. The van der Waals surface area contributed by atoms with Gasteiger partial charge in [0.05, 0.1) is 6.04 Å². The molecule has 0 saturated carbocycles. The van der Waals surface area contributed by atoms with E-state index in [9.17, 15) is 4.79 Å². The third-order valence-electron chi connectivity index (χ3n) is 4.68. The fourth-order valence-corrected chi connectivity index (χ4v) is 2.82. The van der Waals surface area contributed by atoms with Gasteiger partial charge in [0.1, 0.15) is 5.75 Å². The van der Waals surface area contributed by atoms with Crippen LogP contribution in [0.4, 0.5) is 0 Å². The van der Waals surface area contributed by atoms with E-state index in [1.165, 1.54) is 11.1 Å². The lowest BCUT2D eigenvalue weighted by Gasteiger charge is -2.21. The third kappa shape index (κ3) is 4.85. The lowest BCUT2D eigenvalue weighted by molar-refractivity contribution is -0.127. The molecule has 0 radical (unpaired) electrons. The van der Waals surface area contributed by atoms with Crippen LogP contribution in [0.15, 0.2) is 36.4 Å². The number of carbonyl (C=O) groups excluding carboxylic acids is 1. The Balaban J connectivity index is 2.02. The van der Waals surface area contributed by atoms with E-state index in [2.05, 4.69) is 49.5 Å². The lowest BCUT2D eigenvalue weighted by atomic mass is 10.0. The Bertz CT molecular complexity index is 734. The highest BCUT2D eigenvalue weighted by atomic mass is 16.5. The van der Waals surface area contributed by atoms with Crippen LogP contribution in [-0.2, 0) is 11.2 Å². The second-order valence-electron chi connectivity index (χ2n) is 6.79. The van der Waals surface area contributed by atoms with Crippen molar-refractivity contribution in [3.8, 4) is 5.75 Å². The highest BCUT2D eigenvalue weighted by Gasteiger charge is 2.19. The van der Waals surface area contributed by atoms with Crippen LogP contribution >= 0.6 is 0 Å². The minimum absolute atomic E-state index is 0.0511. The smallest absolute Gasteiger partial charge is 0.261 e. The van der Waals surface area contributed by atoms with Crippen molar-refractivity contribution in [2.75, 3.05) is 0 Å². The first kappa shape index (κ1) is 19.0. The molecule has 3 heteroatoms. The van der Waals surface area contributed by atoms with Crippen LogP contribution in [0.25, 0.3) is 0 Å². The molecular formula is C22H29NO2. The van der Waals surface area contributed by atoms with Gasteiger partial charge < -0.3 is 10.1 Å². The molecule has 0 spiro atoms. The number of carbonyl (C=O) groups is 1. The summed E-state index contributed by atoms with van der Waals surface area (Å²) >= 11 is 0. The Hall–Kier alpha value is -2.29.